The molecule has 0 aliphatic carbocycles. The summed E-state index contributed by atoms with van der Waals surface area (Å²) in [5.74, 6) is 0.350. The zero-order valence-corrected chi connectivity index (χ0v) is 14.1. The second kappa shape index (κ2) is 8.13. The smallest absolute Gasteiger partial charge is 0.237 e. The molecule has 0 spiro atoms. The van der Waals surface area contributed by atoms with Crippen LogP contribution in [0.1, 0.15) is 34.1 Å². The largest absolute Gasteiger partial charge is 0.492 e. The van der Waals surface area contributed by atoms with Crippen molar-refractivity contribution < 1.29 is 13.9 Å². The number of hydrogen-bond acceptors (Lipinski definition) is 3. The van der Waals surface area contributed by atoms with Crippen molar-refractivity contribution in [3.63, 3.8) is 0 Å². The summed E-state index contributed by atoms with van der Waals surface area (Å²) >= 11 is 0. The van der Waals surface area contributed by atoms with Gasteiger partial charge in [-0.15, -0.1) is 0 Å². The number of halogens is 1. The third-order valence-corrected chi connectivity index (χ3v) is 3.91. The van der Waals surface area contributed by atoms with Gasteiger partial charge in [0.25, 0.3) is 0 Å². The van der Waals surface area contributed by atoms with Crippen molar-refractivity contribution in [2.24, 2.45) is 0 Å². The van der Waals surface area contributed by atoms with Crippen LogP contribution in [0.5, 0.6) is 5.75 Å². The van der Waals surface area contributed by atoms with Crippen LogP contribution in [0.2, 0.25) is 0 Å². The molecule has 0 radical (unpaired) electrons. The normalized spacial score (nSPS) is 13.0. The number of nitrogens with zero attached hydrogens (tertiary/aromatic N) is 1. The van der Waals surface area contributed by atoms with Gasteiger partial charge in [-0.1, -0.05) is 6.92 Å². The maximum atomic E-state index is 12.8. The highest BCUT2D eigenvalue weighted by molar-refractivity contribution is 5.81. The van der Waals surface area contributed by atoms with E-state index in [0.29, 0.717) is 18.9 Å². The first kappa shape index (κ1) is 18.4. The van der Waals surface area contributed by atoms with E-state index in [1.165, 1.54) is 12.1 Å². The van der Waals surface area contributed by atoms with E-state index in [9.17, 15) is 9.18 Å². The highest BCUT2D eigenvalue weighted by Gasteiger charge is 2.24. The summed E-state index contributed by atoms with van der Waals surface area (Å²) in [7, 11) is 1.89. The molecule has 0 saturated carbocycles. The zero-order valence-electron chi connectivity index (χ0n) is 14.1. The topological polar surface area (TPSA) is 41.6 Å². The van der Waals surface area contributed by atoms with E-state index in [4.69, 9.17) is 4.74 Å². The average Bonchev–Trinajstić information content (AvgIpc) is 2.48. The third-order valence-electron chi connectivity index (χ3n) is 3.91. The number of nitrogens with one attached hydrogen (secondary N) is 1. The molecule has 1 aromatic rings. The van der Waals surface area contributed by atoms with E-state index in [2.05, 4.69) is 5.32 Å². The van der Waals surface area contributed by atoms with Crippen LogP contribution >= 0.6 is 0 Å². The van der Waals surface area contributed by atoms with E-state index in [1.807, 2.05) is 39.6 Å². The molecule has 22 heavy (non-hydrogen) atoms. The molecule has 5 heteroatoms. The first-order valence-electron chi connectivity index (χ1n) is 7.66. The Morgan fingerprint density at radius 2 is 1.95 bits per heavy atom. The van der Waals surface area contributed by atoms with Crippen LogP contribution in [-0.2, 0) is 4.79 Å². The molecule has 1 N–H and O–H groups in total. The minimum Gasteiger partial charge on any atom is -0.492 e. The fourth-order valence-electron chi connectivity index (χ4n) is 1.76. The van der Waals surface area contributed by atoms with Gasteiger partial charge in [0.1, 0.15) is 18.2 Å². The van der Waals surface area contributed by atoms with Crippen LogP contribution in [0.4, 0.5) is 4.39 Å². The Bertz CT molecular complexity index is 474. The Morgan fingerprint density at radius 3 is 2.50 bits per heavy atom. The Labute approximate surface area is 132 Å². The third kappa shape index (κ3) is 6.02. The van der Waals surface area contributed by atoms with Crippen molar-refractivity contribution in [2.45, 2.75) is 45.7 Å². The molecule has 0 heterocycles. The van der Waals surface area contributed by atoms with Gasteiger partial charge < -0.3 is 10.1 Å². The molecule has 1 rings (SSSR count). The average molecular weight is 310 g/mol. The maximum Gasteiger partial charge on any atom is 0.237 e. The van der Waals surface area contributed by atoms with Gasteiger partial charge in [-0.05, 0) is 58.5 Å². The Hall–Kier alpha value is -1.62. The van der Waals surface area contributed by atoms with Crippen molar-refractivity contribution in [1.82, 2.24) is 10.2 Å². The molecular formula is C17H27FN2O2. The summed E-state index contributed by atoms with van der Waals surface area (Å²) in [4.78, 5) is 14.1. The number of ether oxygens (including phenoxy) is 1. The van der Waals surface area contributed by atoms with Gasteiger partial charge in [-0.2, -0.15) is 0 Å². The number of amides is 1. The van der Waals surface area contributed by atoms with Crippen LogP contribution in [0.15, 0.2) is 24.3 Å². The molecule has 0 bridgehead atoms. The Morgan fingerprint density at radius 1 is 1.36 bits per heavy atom. The monoisotopic (exact) mass is 310 g/mol. The molecule has 0 saturated heterocycles. The summed E-state index contributed by atoms with van der Waals surface area (Å²) in [5, 5.41) is 3.04. The summed E-state index contributed by atoms with van der Waals surface area (Å²) in [6.07, 6.45) is 0.878. The highest BCUT2D eigenvalue weighted by Crippen LogP contribution is 2.11. The lowest BCUT2D eigenvalue weighted by Crippen LogP contribution is -2.51. The molecule has 1 amide bonds. The second-order valence-corrected chi connectivity index (χ2v) is 6.19. The summed E-state index contributed by atoms with van der Waals surface area (Å²) in [5.41, 5.74) is -0.198. The van der Waals surface area contributed by atoms with Gasteiger partial charge in [-0.25, -0.2) is 4.39 Å². The van der Waals surface area contributed by atoms with Crippen LogP contribution in [-0.4, -0.2) is 42.6 Å². The van der Waals surface area contributed by atoms with Gasteiger partial charge >= 0.3 is 0 Å². The molecule has 0 fully saturated rings. The summed E-state index contributed by atoms with van der Waals surface area (Å²) < 4.78 is 18.3. The van der Waals surface area contributed by atoms with E-state index in [-0.39, 0.29) is 23.3 Å². The van der Waals surface area contributed by atoms with E-state index in [0.717, 1.165) is 6.42 Å². The van der Waals surface area contributed by atoms with Gasteiger partial charge in [0.05, 0.1) is 6.04 Å². The first-order chi connectivity index (χ1) is 10.2. The predicted octanol–water partition coefficient (Wildman–Crippen LogP) is 2.83. The zero-order chi connectivity index (χ0) is 16.8. The number of benzene rings is 1. The predicted molar refractivity (Wildman–Crippen MR) is 86.5 cm³/mol. The van der Waals surface area contributed by atoms with Crippen LogP contribution in [0.3, 0.4) is 0 Å². The molecular weight excluding hydrogens is 283 g/mol. The number of carbonyl (C=O) groups is 1. The minimum absolute atomic E-state index is 0.0103. The van der Waals surface area contributed by atoms with Crippen molar-refractivity contribution in [1.29, 1.82) is 0 Å². The van der Waals surface area contributed by atoms with Crippen LogP contribution in [0, 0.1) is 5.82 Å². The number of carbonyl (C=O) groups excluding carboxylic acids is 1. The van der Waals surface area contributed by atoms with Crippen LogP contribution < -0.4 is 10.1 Å². The summed E-state index contributed by atoms with van der Waals surface area (Å²) in [6, 6.07) is 5.68. The van der Waals surface area contributed by atoms with Crippen molar-refractivity contribution in [3.05, 3.63) is 30.1 Å². The molecule has 0 aliphatic heterocycles. The van der Waals surface area contributed by atoms with E-state index < -0.39 is 0 Å². The van der Waals surface area contributed by atoms with Crippen LogP contribution in [0.25, 0.3) is 0 Å². The number of rotatable bonds is 8. The molecule has 124 valence electrons. The summed E-state index contributed by atoms with van der Waals surface area (Å²) in [6.45, 7) is 8.99. The van der Waals surface area contributed by atoms with Crippen molar-refractivity contribution in [2.75, 3.05) is 20.2 Å². The maximum absolute atomic E-state index is 12.8. The standard InChI is InChI=1S/C17H27FN2O2/c1-6-17(3,4)19-16(21)13(2)20(5)11-12-22-15-9-7-14(18)8-10-15/h7-10,13H,6,11-12H2,1-5H3,(H,19,21). The fraction of sp³-hybridized carbons (Fsp3) is 0.588. The Kier molecular flexibility index (Phi) is 6.81. The lowest BCUT2D eigenvalue weighted by molar-refractivity contribution is -0.127. The van der Waals surface area contributed by atoms with Gasteiger partial charge in [-0.3, -0.25) is 9.69 Å². The minimum atomic E-state index is -0.284. The molecule has 1 atom stereocenters. The Balaban J connectivity index is 2.39. The highest BCUT2D eigenvalue weighted by atomic mass is 19.1. The number of hydrogen-bond donors (Lipinski definition) is 1. The molecule has 1 aromatic carbocycles. The van der Waals surface area contributed by atoms with Gasteiger partial charge in [0, 0.05) is 12.1 Å². The van der Waals surface area contributed by atoms with E-state index in [1.54, 1.807) is 12.1 Å². The molecule has 0 aliphatic rings. The number of likely N-dealkylation sites (N-methyl/N-ethyl adjacent to an activating group) is 1. The quantitative estimate of drug-likeness (QED) is 0.803. The van der Waals surface area contributed by atoms with Crippen molar-refractivity contribution >= 4 is 5.91 Å². The lowest BCUT2D eigenvalue weighted by atomic mass is 10.0. The molecule has 1 unspecified atom stereocenters. The molecule has 0 aromatic heterocycles. The van der Waals surface area contributed by atoms with E-state index >= 15 is 0 Å². The second-order valence-electron chi connectivity index (χ2n) is 6.19. The van der Waals surface area contributed by atoms with Gasteiger partial charge in [0.15, 0.2) is 0 Å². The first-order valence-corrected chi connectivity index (χ1v) is 7.66. The molecule has 4 nitrogen and oxygen atoms in total. The van der Waals surface area contributed by atoms with Crippen molar-refractivity contribution in [3.8, 4) is 5.75 Å². The van der Waals surface area contributed by atoms with Gasteiger partial charge in [0.2, 0.25) is 5.91 Å². The lowest BCUT2D eigenvalue weighted by Gasteiger charge is -2.30. The fourth-order valence-corrected chi connectivity index (χ4v) is 1.76. The SMILES string of the molecule is CCC(C)(C)NC(=O)C(C)N(C)CCOc1ccc(F)cc1.